The van der Waals surface area contributed by atoms with Crippen LogP contribution in [0.4, 0.5) is 31.7 Å². The van der Waals surface area contributed by atoms with Crippen molar-refractivity contribution in [3.05, 3.63) is 61.6 Å². The number of nitrogens with zero attached hydrogens (tertiary/aromatic N) is 7. The predicted octanol–water partition coefficient (Wildman–Crippen LogP) is 4.72. The van der Waals surface area contributed by atoms with Crippen LogP contribution in [0.3, 0.4) is 0 Å². The molecule has 0 spiro atoms. The number of alkyl halides is 2. The number of piperazine rings is 1. The number of fused-ring (bicyclic) bond motifs is 1. The van der Waals surface area contributed by atoms with E-state index in [-0.39, 0.29) is 11.4 Å². The van der Waals surface area contributed by atoms with Crippen molar-refractivity contribution in [2.24, 2.45) is 7.05 Å². The van der Waals surface area contributed by atoms with Crippen molar-refractivity contribution in [1.82, 2.24) is 29.5 Å². The molecule has 2 aromatic carbocycles. The number of halogens is 2. The summed E-state index contributed by atoms with van der Waals surface area (Å²) in [5.74, 6) is -0.104. The number of likely N-dealkylation sites (N-methyl/N-ethyl adjacent to an activating group) is 1. The fourth-order valence-corrected chi connectivity index (χ4v) is 6.09. The molecule has 2 aliphatic heterocycles. The molecule has 1 amide bonds. The average Bonchev–Trinajstić information content (AvgIpc) is 3.42. The van der Waals surface area contributed by atoms with Crippen LogP contribution in [0.5, 0.6) is 5.75 Å². The molecule has 6 rings (SSSR count). The quantitative estimate of drug-likeness (QED) is 0.259. The Bertz CT molecular complexity index is 1680. The van der Waals surface area contributed by atoms with Crippen LogP contribution in [-0.4, -0.2) is 94.4 Å². The van der Waals surface area contributed by atoms with Gasteiger partial charge in [-0.2, -0.15) is 13.9 Å². The monoisotopic (exact) mass is 617 g/mol. The molecule has 4 aromatic rings. The summed E-state index contributed by atoms with van der Waals surface area (Å²) in [7, 11) is 4.01. The standard InChI is InChI=1S/C32H37F2N9O2/c1-4-31(44)39-25-16-26(38-30-17-24(35-20-36-30)21-5-6-22-19-37-41(3)27(22)15-21)29(45-32(33)34)18-28(25)43-9-7-23(8-10-43)42-13-11-40(2)12-14-42/h4-6,15-20,23,32H,1,7-14H2,2-3H3,(H,39,44)(H,35,36,38). The minimum Gasteiger partial charge on any atom is -0.433 e. The summed E-state index contributed by atoms with van der Waals surface area (Å²) in [6, 6.07) is 11.2. The first kappa shape index (κ1) is 30.4. The van der Waals surface area contributed by atoms with E-state index in [1.807, 2.05) is 25.2 Å². The number of aromatic nitrogens is 4. The van der Waals surface area contributed by atoms with Crippen LogP contribution in [0, 0.1) is 0 Å². The summed E-state index contributed by atoms with van der Waals surface area (Å²) in [5.41, 5.74) is 3.70. The van der Waals surface area contributed by atoms with Gasteiger partial charge in [-0.25, -0.2) is 9.97 Å². The Morgan fingerprint density at radius 1 is 1.02 bits per heavy atom. The number of piperidine rings is 1. The number of rotatable bonds is 9. The summed E-state index contributed by atoms with van der Waals surface area (Å²) in [6.45, 7) is 6.13. The van der Waals surface area contributed by atoms with Crippen LogP contribution in [0.1, 0.15) is 12.8 Å². The van der Waals surface area contributed by atoms with Crippen LogP contribution >= 0.6 is 0 Å². The number of ether oxygens (including phenoxy) is 1. The molecule has 0 radical (unpaired) electrons. The summed E-state index contributed by atoms with van der Waals surface area (Å²) in [4.78, 5) is 28.2. The normalized spacial score (nSPS) is 16.7. The Labute approximate surface area is 260 Å². The molecule has 45 heavy (non-hydrogen) atoms. The number of anilines is 4. The van der Waals surface area contributed by atoms with Crippen LogP contribution in [0.25, 0.3) is 22.2 Å². The van der Waals surface area contributed by atoms with E-state index < -0.39 is 12.5 Å². The van der Waals surface area contributed by atoms with Gasteiger partial charge < -0.3 is 25.2 Å². The Kier molecular flexibility index (Phi) is 8.90. The molecule has 13 heteroatoms. The SMILES string of the molecule is C=CC(=O)Nc1cc(Nc2cc(-c3ccc4cnn(C)c4c3)ncn2)c(OC(F)F)cc1N1CCC(N2CCN(C)CC2)CC1. The largest absolute Gasteiger partial charge is 0.433 e. The third kappa shape index (κ3) is 6.89. The van der Waals surface area contributed by atoms with Crippen molar-refractivity contribution in [2.45, 2.75) is 25.5 Å². The van der Waals surface area contributed by atoms with E-state index in [1.165, 1.54) is 12.4 Å². The Balaban J connectivity index is 1.28. The van der Waals surface area contributed by atoms with Crippen LogP contribution in [-0.2, 0) is 11.8 Å². The van der Waals surface area contributed by atoms with Crippen molar-refractivity contribution >= 4 is 39.7 Å². The third-order valence-corrected chi connectivity index (χ3v) is 8.59. The van der Waals surface area contributed by atoms with Gasteiger partial charge >= 0.3 is 6.61 Å². The fraction of sp³-hybridized carbons (Fsp3) is 0.375. The number of hydrogen-bond acceptors (Lipinski definition) is 9. The Morgan fingerprint density at radius 2 is 1.80 bits per heavy atom. The maximum atomic E-state index is 13.7. The van der Waals surface area contributed by atoms with Crippen molar-refractivity contribution in [2.75, 3.05) is 61.8 Å². The average molecular weight is 618 g/mol. The molecular weight excluding hydrogens is 580 g/mol. The molecule has 4 heterocycles. The maximum absolute atomic E-state index is 13.7. The summed E-state index contributed by atoms with van der Waals surface area (Å²) in [5, 5.41) is 11.3. The van der Waals surface area contributed by atoms with E-state index in [1.54, 1.807) is 29.1 Å². The van der Waals surface area contributed by atoms with Crippen molar-refractivity contribution < 1.29 is 18.3 Å². The van der Waals surface area contributed by atoms with Crippen molar-refractivity contribution in [1.29, 1.82) is 0 Å². The Hall–Kier alpha value is -4.62. The molecule has 2 saturated heterocycles. The predicted molar refractivity (Wildman–Crippen MR) is 171 cm³/mol. The Morgan fingerprint density at radius 3 is 2.53 bits per heavy atom. The highest BCUT2D eigenvalue weighted by Crippen LogP contribution is 2.40. The summed E-state index contributed by atoms with van der Waals surface area (Å²) < 4.78 is 34.2. The second kappa shape index (κ2) is 13.2. The van der Waals surface area contributed by atoms with Crippen LogP contribution in [0.2, 0.25) is 0 Å². The molecule has 11 nitrogen and oxygen atoms in total. The topological polar surface area (TPSA) is 104 Å². The first-order chi connectivity index (χ1) is 21.8. The first-order valence-corrected chi connectivity index (χ1v) is 15.0. The lowest BCUT2D eigenvalue weighted by Crippen LogP contribution is -2.52. The van der Waals surface area contributed by atoms with E-state index in [0.29, 0.717) is 42.0 Å². The van der Waals surface area contributed by atoms with Gasteiger partial charge in [-0.1, -0.05) is 18.7 Å². The van der Waals surface area contributed by atoms with E-state index in [9.17, 15) is 13.6 Å². The molecule has 0 saturated carbocycles. The smallest absolute Gasteiger partial charge is 0.387 e. The van der Waals surface area contributed by atoms with E-state index >= 15 is 0 Å². The van der Waals surface area contributed by atoms with Gasteiger partial charge in [-0.05, 0) is 38.1 Å². The van der Waals surface area contributed by atoms with Crippen molar-refractivity contribution in [3.63, 3.8) is 0 Å². The summed E-state index contributed by atoms with van der Waals surface area (Å²) in [6.07, 6.45) is 6.22. The minimum absolute atomic E-state index is 0.0609. The van der Waals surface area contributed by atoms with Crippen LogP contribution in [0.15, 0.2) is 61.6 Å². The molecule has 0 atom stereocenters. The molecule has 2 fully saturated rings. The molecule has 0 bridgehead atoms. The molecule has 2 aliphatic rings. The van der Waals surface area contributed by atoms with Gasteiger partial charge in [0.25, 0.3) is 0 Å². The minimum atomic E-state index is -3.05. The highest BCUT2D eigenvalue weighted by Gasteiger charge is 2.29. The van der Waals surface area contributed by atoms with E-state index in [2.05, 4.69) is 54.0 Å². The number of amides is 1. The molecule has 2 N–H and O–H groups in total. The molecule has 2 aromatic heterocycles. The fourth-order valence-electron chi connectivity index (χ4n) is 6.09. The molecule has 0 unspecified atom stereocenters. The second-order valence-corrected chi connectivity index (χ2v) is 11.5. The van der Waals surface area contributed by atoms with E-state index in [0.717, 1.165) is 55.5 Å². The number of benzene rings is 2. The van der Waals surface area contributed by atoms with E-state index in [4.69, 9.17) is 4.74 Å². The lowest BCUT2D eigenvalue weighted by atomic mass is 10.0. The zero-order valence-electron chi connectivity index (χ0n) is 25.4. The van der Waals surface area contributed by atoms with Gasteiger partial charge in [0.05, 0.1) is 34.5 Å². The summed E-state index contributed by atoms with van der Waals surface area (Å²) >= 11 is 0. The molecule has 236 valence electrons. The molecule has 0 aliphatic carbocycles. The first-order valence-electron chi connectivity index (χ1n) is 15.0. The number of carbonyl (C=O) groups is 1. The molecular formula is C32H37F2N9O2. The number of hydrogen-bond donors (Lipinski definition) is 2. The third-order valence-electron chi connectivity index (χ3n) is 8.59. The zero-order valence-corrected chi connectivity index (χ0v) is 25.4. The number of nitrogens with one attached hydrogen (secondary N) is 2. The zero-order chi connectivity index (χ0) is 31.5. The second-order valence-electron chi connectivity index (χ2n) is 11.5. The van der Waals surface area contributed by atoms with Gasteiger partial charge in [0.1, 0.15) is 12.1 Å². The van der Waals surface area contributed by atoms with Gasteiger partial charge in [0, 0.05) is 75.4 Å². The number of carbonyl (C=O) groups excluding carboxylic acids is 1. The van der Waals surface area contributed by atoms with Crippen LogP contribution < -0.4 is 20.3 Å². The number of aryl methyl sites for hydroxylation is 1. The van der Waals surface area contributed by atoms with Crippen molar-refractivity contribution in [3.8, 4) is 17.0 Å². The van der Waals surface area contributed by atoms with Gasteiger partial charge in [0.15, 0.2) is 5.75 Å². The maximum Gasteiger partial charge on any atom is 0.387 e. The van der Waals surface area contributed by atoms with Gasteiger partial charge in [-0.15, -0.1) is 0 Å². The van der Waals surface area contributed by atoms with Gasteiger partial charge in [0.2, 0.25) is 5.91 Å². The lowest BCUT2D eigenvalue weighted by molar-refractivity contribution is -0.111. The lowest BCUT2D eigenvalue weighted by Gasteiger charge is -2.43. The highest BCUT2D eigenvalue weighted by atomic mass is 19.3. The van der Waals surface area contributed by atoms with Gasteiger partial charge in [-0.3, -0.25) is 14.4 Å². The highest BCUT2D eigenvalue weighted by molar-refractivity contribution is 6.02.